The molecule has 0 saturated heterocycles. The minimum atomic E-state index is -0.330. The van der Waals surface area contributed by atoms with E-state index in [1.54, 1.807) is 0 Å². The quantitative estimate of drug-likeness (QED) is 0.282. The molecule has 33 heavy (non-hydrogen) atoms. The second-order valence-electron chi connectivity index (χ2n) is 9.48. The van der Waals surface area contributed by atoms with Crippen molar-refractivity contribution in [1.82, 2.24) is 9.80 Å². The molecule has 0 saturated carbocycles. The molecule has 3 aromatic carbocycles. The molecule has 4 aromatic rings. The van der Waals surface area contributed by atoms with Crippen LogP contribution >= 0.6 is 11.3 Å². The Kier molecular flexibility index (Phi) is 3.29. The first-order chi connectivity index (χ1) is 16.3. The number of fused-ring (bicyclic) bond motifs is 13. The van der Waals surface area contributed by atoms with E-state index in [1.165, 1.54) is 53.7 Å². The highest BCUT2D eigenvalue weighted by molar-refractivity contribution is 7.25. The van der Waals surface area contributed by atoms with Crippen LogP contribution < -0.4 is 0 Å². The molecule has 0 aliphatic carbocycles. The standard InChI is InChI=1S/C30H22N2S/c1-19-13-14-27-21-9-2-4-10-24(21)30(32(27)18-19)25-17-29-22(20-8-3-5-12-28(20)33-29)16-23(25)26-11-6-7-15-31(26)30/h2-17,26H,18H2,1H3/t26?,30-/m1/s1. The molecule has 8 rings (SSSR count). The van der Waals surface area contributed by atoms with Gasteiger partial charge in [0.05, 0.1) is 6.04 Å². The number of hydrogen-bond acceptors (Lipinski definition) is 3. The summed E-state index contributed by atoms with van der Waals surface area (Å²) in [5.74, 6) is 0. The Morgan fingerprint density at radius 2 is 1.76 bits per heavy atom. The highest BCUT2D eigenvalue weighted by Crippen LogP contribution is 2.61. The van der Waals surface area contributed by atoms with Gasteiger partial charge in [0.1, 0.15) is 0 Å². The van der Waals surface area contributed by atoms with Gasteiger partial charge in [-0.05, 0) is 42.8 Å². The minimum Gasteiger partial charge on any atom is -0.337 e. The van der Waals surface area contributed by atoms with Crippen LogP contribution in [0.3, 0.4) is 0 Å². The highest BCUT2D eigenvalue weighted by atomic mass is 32.1. The Balaban J connectivity index is 1.52. The van der Waals surface area contributed by atoms with Gasteiger partial charge in [0.2, 0.25) is 0 Å². The van der Waals surface area contributed by atoms with Gasteiger partial charge in [-0.15, -0.1) is 11.3 Å². The molecule has 0 radical (unpaired) electrons. The fraction of sp³-hybridized carbons (Fsp3) is 0.133. The average Bonchev–Trinajstić information content (AvgIpc) is 3.46. The van der Waals surface area contributed by atoms with Crippen molar-refractivity contribution < 1.29 is 0 Å². The Labute approximate surface area is 197 Å². The van der Waals surface area contributed by atoms with Crippen molar-refractivity contribution in [2.24, 2.45) is 0 Å². The summed E-state index contributed by atoms with van der Waals surface area (Å²) in [5.41, 5.74) is 8.00. The van der Waals surface area contributed by atoms with Crippen LogP contribution in [0, 0.1) is 0 Å². The number of benzene rings is 3. The summed E-state index contributed by atoms with van der Waals surface area (Å²) in [7, 11) is 0. The maximum Gasteiger partial charge on any atom is 0.168 e. The SMILES string of the molecule is CC1=CC=C2c3ccccc3[C@]3(c4cc5sc6ccccc6c5cc4C4C=CC=CN43)N2C1. The van der Waals surface area contributed by atoms with Crippen LogP contribution in [-0.2, 0) is 5.66 Å². The van der Waals surface area contributed by atoms with Crippen molar-refractivity contribution in [2.45, 2.75) is 18.6 Å². The van der Waals surface area contributed by atoms with E-state index in [0.29, 0.717) is 0 Å². The van der Waals surface area contributed by atoms with Gasteiger partial charge in [-0.3, -0.25) is 0 Å². The molecule has 0 bridgehead atoms. The van der Waals surface area contributed by atoms with Gasteiger partial charge in [0, 0.05) is 55.3 Å². The molecule has 0 amide bonds. The van der Waals surface area contributed by atoms with Gasteiger partial charge >= 0.3 is 0 Å². The Hall–Kier alpha value is -3.56. The number of allylic oxidation sites excluding steroid dienone is 4. The van der Waals surface area contributed by atoms with Gasteiger partial charge in [0.15, 0.2) is 5.66 Å². The number of rotatable bonds is 0. The first-order valence-corrected chi connectivity index (χ1v) is 12.4. The van der Waals surface area contributed by atoms with Crippen LogP contribution in [0.5, 0.6) is 0 Å². The zero-order chi connectivity index (χ0) is 21.7. The summed E-state index contributed by atoms with van der Waals surface area (Å²) < 4.78 is 2.74. The van der Waals surface area contributed by atoms with E-state index in [0.717, 1.165) is 6.54 Å². The van der Waals surface area contributed by atoms with Gasteiger partial charge in [-0.25, -0.2) is 0 Å². The van der Waals surface area contributed by atoms with E-state index >= 15 is 0 Å². The molecular weight excluding hydrogens is 420 g/mol. The predicted octanol–water partition coefficient (Wildman–Crippen LogP) is 7.31. The molecule has 0 N–H and O–H groups in total. The number of nitrogens with zero attached hydrogens (tertiary/aromatic N) is 2. The molecule has 2 nitrogen and oxygen atoms in total. The normalized spacial score (nSPS) is 24.2. The third-order valence-corrected chi connectivity index (χ3v) is 8.89. The zero-order valence-corrected chi connectivity index (χ0v) is 19.1. The lowest BCUT2D eigenvalue weighted by Gasteiger charge is -2.47. The van der Waals surface area contributed by atoms with Crippen LogP contribution in [0.15, 0.2) is 103 Å². The van der Waals surface area contributed by atoms with Crippen molar-refractivity contribution in [3.8, 4) is 0 Å². The molecule has 1 spiro atoms. The number of hydrogen-bond donors (Lipinski definition) is 0. The summed E-state index contributed by atoms with van der Waals surface area (Å²) >= 11 is 1.92. The third kappa shape index (κ3) is 2.05. The maximum atomic E-state index is 2.65. The summed E-state index contributed by atoms with van der Waals surface area (Å²) in [6, 6.07) is 23.1. The second-order valence-corrected chi connectivity index (χ2v) is 10.6. The fourth-order valence-electron chi connectivity index (χ4n) is 6.48. The largest absolute Gasteiger partial charge is 0.337 e. The van der Waals surface area contributed by atoms with Crippen molar-refractivity contribution in [2.75, 3.05) is 6.54 Å². The molecular formula is C30H22N2S. The van der Waals surface area contributed by atoms with Crippen molar-refractivity contribution >= 4 is 37.2 Å². The lowest BCUT2D eigenvalue weighted by Crippen LogP contribution is -2.51. The van der Waals surface area contributed by atoms with Gasteiger partial charge < -0.3 is 9.80 Å². The number of thiophene rings is 1. The molecule has 1 unspecified atom stereocenters. The first kappa shape index (κ1) is 17.9. The van der Waals surface area contributed by atoms with Crippen molar-refractivity contribution in [3.05, 3.63) is 125 Å². The molecule has 0 fully saturated rings. The average molecular weight is 443 g/mol. The van der Waals surface area contributed by atoms with E-state index in [2.05, 4.69) is 114 Å². The molecule has 158 valence electrons. The lowest BCUT2D eigenvalue weighted by atomic mass is 9.89. The third-order valence-electron chi connectivity index (χ3n) is 7.76. The van der Waals surface area contributed by atoms with Gasteiger partial charge in [-0.1, -0.05) is 66.3 Å². The zero-order valence-electron chi connectivity index (χ0n) is 18.3. The molecule has 1 aromatic heterocycles. The summed E-state index contributed by atoms with van der Waals surface area (Å²) in [5, 5.41) is 2.75. The summed E-state index contributed by atoms with van der Waals surface area (Å²) in [6.45, 7) is 3.18. The maximum absolute atomic E-state index is 2.65. The molecule has 3 heteroatoms. The Morgan fingerprint density at radius 1 is 0.879 bits per heavy atom. The summed E-state index contributed by atoms with van der Waals surface area (Å²) in [6.07, 6.45) is 13.7. The van der Waals surface area contributed by atoms with E-state index in [4.69, 9.17) is 0 Å². The first-order valence-electron chi connectivity index (χ1n) is 11.6. The van der Waals surface area contributed by atoms with Crippen LogP contribution in [-0.4, -0.2) is 16.3 Å². The van der Waals surface area contributed by atoms with Crippen molar-refractivity contribution in [3.63, 3.8) is 0 Å². The predicted molar refractivity (Wildman–Crippen MR) is 138 cm³/mol. The van der Waals surface area contributed by atoms with E-state index in [1.807, 2.05) is 11.3 Å². The highest BCUT2D eigenvalue weighted by Gasteiger charge is 2.59. The Morgan fingerprint density at radius 3 is 2.73 bits per heavy atom. The molecule has 4 aliphatic rings. The van der Waals surface area contributed by atoms with Crippen LogP contribution in [0.2, 0.25) is 0 Å². The smallest absolute Gasteiger partial charge is 0.168 e. The summed E-state index contributed by atoms with van der Waals surface area (Å²) in [4.78, 5) is 5.25. The lowest BCUT2D eigenvalue weighted by molar-refractivity contribution is 0.0605. The van der Waals surface area contributed by atoms with Crippen molar-refractivity contribution in [1.29, 1.82) is 0 Å². The fourth-order valence-corrected chi connectivity index (χ4v) is 7.61. The minimum absolute atomic E-state index is 0.228. The molecule has 4 aliphatic heterocycles. The topological polar surface area (TPSA) is 6.48 Å². The molecule has 5 heterocycles. The van der Waals surface area contributed by atoms with Crippen LogP contribution in [0.4, 0.5) is 0 Å². The second kappa shape index (κ2) is 6.06. The van der Waals surface area contributed by atoms with Crippen LogP contribution in [0.25, 0.3) is 25.9 Å². The van der Waals surface area contributed by atoms with Crippen LogP contribution in [0.1, 0.15) is 35.2 Å². The molecule has 2 atom stereocenters. The Bertz CT molecular complexity index is 1630. The van der Waals surface area contributed by atoms with Gasteiger partial charge in [-0.2, -0.15) is 0 Å². The van der Waals surface area contributed by atoms with Gasteiger partial charge in [0.25, 0.3) is 0 Å². The van der Waals surface area contributed by atoms with E-state index < -0.39 is 0 Å². The van der Waals surface area contributed by atoms with E-state index in [-0.39, 0.29) is 11.7 Å². The monoisotopic (exact) mass is 442 g/mol. The van der Waals surface area contributed by atoms with E-state index in [9.17, 15) is 0 Å².